The summed E-state index contributed by atoms with van der Waals surface area (Å²) in [6.45, 7) is 0.174. The molecular weight excluding hydrogens is 391 g/mol. The predicted molar refractivity (Wildman–Crippen MR) is 105 cm³/mol. The van der Waals surface area contributed by atoms with Crippen LogP contribution in [0.2, 0.25) is 10.0 Å². The van der Waals surface area contributed by atoms with Gasteiger partial charge in [-0.05, 0) is 48.8 Å². The minimum atomic E-state index is 0.174. The van der Waals surface area contributed by atoms with Crippen LogP contribution in [0.5, 0.6) is 5.75 Å². The largest absolute Gasteiger partial charge is 0.484 e. The number of aryl methyl sites for hydroxylation is 1. The lowest BCUT2D eigenvalue weighted by atomic mass is 10.1. The van der Waals surface area contributed by atoms with Crippen LogP contribution in [0.25, 0.3) is 0 Å². The molecule has 2 aromatic carbocycles. The lowest BCUT2D eigenvalue weighted by molar-refractivity contribution is 0.291. The molecule has 8 heteroatoms. The third kappa shape index (κ3) is 3.40. The molecule has 26 heavy (non-hydrogen) atoms. The minimum absolute atomic E-state index is 0.174. The number of rotatable bonds is 4. The molecule has 1 aromatic heterocycles. The molecular formula is C18H14Cl2N4OS. The molecule has 1 N–H and O–H groups in total. The lowest BCUT2D eigenvalue weighted by Gasteiger charge is -2.08. The number of hydrogen-bond donors (Lipinski definition) is 1. The fourth-order valence-corrected chi connectivity index (χ4v) is 3.54. The number of aromatic nitrogens is 3. The van der Waals surface area contributed by atoms with Crippen LogP contribution in [-0.4, -0.2) is 20.6 Å². The number of benzene rings is 2. The number of hydrogen-bond acceptors (Lipinski definition) is 4. The molecule has 0 saturated carbocycles. The maximum atomic E-state index is 6.14. The van der Waals surface area contributed by atoms with Crippen LogP contribution in [0, 0.1) is 4.77 Å². The molecule has 0 spiro atoms. The molecule has 132 valence electrons. The summed E-state index contributed by atoms with van der Waals surface area (Å²) in [5.41, 5.74) is 3.44. The van der Waals surface area contributed by atoms with E-state index < -0.39 is 0 Å². The second-order valence-electron chi connectivity index (χ2n) is 5.82. The number of aromatic amines is 1. The first-order chi connectivity index (χ1) is 12.6. The van der Waals surface area contributed by atoms with Crippen molar-refractivity contribution in [2.24, 2.45) is 5.10 Å². The van der Waals surface area contributed by atoms with Gasteiger partial charge in [0.1, 0.15) is 12.4 Å². The third-order valence-electron chi connectivity index (χ3n) is 4.15. The Morgan fingerprint density at radius 3 is 2.88 bits per heavy atom. The van der Waals surface area contributed by atoms with Gasteiger partial charge in [-0.2, -0.15) is 14.9 Å². The number of halogens is 2. The summed E-state index contributed by atoms with van der Waals surface area (Å²) in [4.78, 5) is 0. The van der Waals surface area contributed by atoms with E-state index in [9.17, 15) is 0 Å². The maximum Gasteiger partial charge on any atom is 0.216 e. The summed E-state index contributed by atoms with van der Waals surface area (Å²) in [5, 5.41) is 12.7. The van der Waals surface area contributed by atoms with Crippen molar-refractivity contribution in [1.82, 2.24) is 14.9 Å². The van der Waals surface area contributed by atoms with Gasteiger partial charge in [0, 0.05) is 10.6 Å². The molecule has 0 atom stereocenters. The molecule has 3 aromatic rings. The average molecular weight is 405 g/mol. The SMILES string of the molecule is S=c1[nH]nc(COc2ccc(Cl)cc2Cl)n1/N=C1\CCc2ccccc21. The van der Waals surface area contributed by atoms with E-state index in [1.54, 1.807) is 22.9 Å². The highest BCUT2D eigenvalue weighted by Gasteiger charge is 2.18. The van der Waals surface area contributed by atoms with Crippen LogP contribution in [0.15, 0.2) is 47.6 Å². The van der Waals surface area contributed by atoms with Gasteiger partial charge in [0.15, 0.2) is 5.82 Å². The highest BCUT2D eigenvalue weighted by molar-refractivity contribution is 7.71. The van der Waals surface area contributed by atoms with Gasteiger partial charge in [-0.25, -0.2) is 5.10 Å². The number of fused-ring (bicyclic) bond motifs is 1. The van der Waals surface area contributed by atoms with Gasteiger partial charge in [-0.15, -0.1) is 0 Å². The summed E-state index contributed by atoms with van der Waals surface area (Å²) in [7, 11) is 0. The molecule has 0 unspecified atom stereocenters. The van der Waals surface area contributed by atoms with Crippen molar-refractivity contribution in [3.8, 4) is 5.75 Å². The molecule has 5 nitrogen and oxygen atoms in total. The molecule has 1 aliphatic carbocycles. The van der Waals surface area contributed by atoms with Crippen LogP contribution in [-0.2, 0) is 13.0 Å². The highest BCUT2D eigenvalue weighted by atomic mass is 35.5. The topological polar surface area (TPSA) is 55.2 Å². The maximum absolute atomic E-state index is 6.14. The van der Waals surface area contributed by atoms with E-state index in [-0.39, 0.29) is 6.61 Å². The van der Waals surface area contributed by atoms with Gasteiger partial charge in [0.25, 0.3) is 0 Å². The number of H-pyrrole nitrogens is 1. The molecule has 4 rings (SSSR count). The zero-order valence-electron chi connectivity index (χ0n) is 13.6. The standard InChI is InChI=1S/C18H14Cl2N4OS/c19-12-6-8-16(14(20)9-12)25-10-17-21-22-18(26)24(17)23-15-7-5-11-3-1-2-4-13(11)15/h1-4,6,8-9H,5,7,10H2,(H,22,26)/b23-15+. The molecule has 0 saturated heterocycles. The molecule has 0 radical (unpaired) electrons. The monoisotopic (exact) mass is 404 g/mol. The first-order valence-corrected chi connectivity index (χ1v) is 9.18. The smallest absolute Gasteiger partial charge is 0.216 e. The van der Waals surface area contributed by atoms with E-state index in [1.165, 1.54) is 5.56 Å². The Bertz CT molecular complexity index is 1060. The molecule has 1 aliphatic rings. The van der Waals surface area contributed by atoms with Crippen molar-refractivity contribution in [3.05, 3.63) is 74.2 Å². The van der Waals surface area contributed by atoms with Crippen molar-refractivity contribution in [3.63, 3.8) is 0 Å². The summed E-state index contributed by atoms with van der Waals surface area (Å²) >= 11 is 17.4. The summed E-state index contributed by atoms with van der Waals surface area (Å²) in [6, 6.07) is 13.3. The van der Waals surface area contributed by atoms with Gasteiger partial charge in [0.2, 0.25) is 4.77 Å². The Morgan fingerprint density at radius 2 is 2.04 bits per heavy atom. The highest BCUT2D eigenvalue weighted by Crippen LogP contribution is 2.28. The fourth-order valence-electron chi connectivity index (χ4n) is 2.89. The zero-order valence-corrected chi connectivity index (χ0v) is 15.9. The van der Waals surface area contributed by atoms with Gasteiger partial charge in [-0.1, -0.05) is 47.5 Å². The molecule has 0 fully saturated rings. The van der Waals surface area contributed by atoms with Crippen molar-refractivity contribution >= 4 is 41.1 Å². The van der Waals surface area contributed by atoms with E-state index in [0.717, 1.165) is 24.1 Å². The Hall–Kier alpha value is -2.15. The summed E-state index contributed by atoms with van der Waals surface area (Å²) in [5.74, 6) is 1.09. The minimum Gasteiger partial charge on any atom is -0.484 e. The lowest BCUT2D eigenvalue weighted by Crippen LogP contribution is -2.07. The quantitative estimate of drug-likeness (QED) is 0.620. The van der Waals surface area contributed by atoms with Gasteiger partial charge in [-0.3, -0.25) is 0 Å². The van der Waals surface area contributed by atoms with Crippen LogP contribution < -0.4 is 4.74 Å². The van der Waals surface area contributed by atoms with Gasteiger partial charge in [0.05, 0.1) is 10.7 Å². The number of nitrogens with zero attached hydrogens (tertiary/aromatic N) is 3. The first-order valence-electron chi connectivity index (χ1n) is 8.02. The normalized spacial score (nSPS) is 14.6. The second-order valence-corrected chi connectivity index (χ2v) is 7.05. The Kier molecular flexibility index (Phi) is 4.80. The number of ether oxygens (including phenoxy) is 1. The van der Waals surface area contributed by atoms with E-state index in [0.29, 0.717) is 26.4 Å². The Labute approximate surface area is 165 Å². The van der Waals surface area contributed by atoms with E-state index in [1.807, 2.05) is 12.1 Å². The zero-order chi connectivity index (χ0) is 18.1. The number of nitrogens with one attached hydrogen (secondary N) is 1. The third-order valence-corrected chi connectivity index (χ3v) is 4.94. The molecule has 1 heterocycles. The van der Waals surface area contributed by atoms with Crippen molar-refractivity contribution < 1.29 is 4.74 Å². The Morgan fingerprint density at radius 1 is 1.19 bits per heavy atom. The first kappa shape index (κ1) is 17.3. The second kappa shape index (κ2) is 7.23. The fraction of sp³-hybridized carbons (Fsp3) is 0.167. The van der Waals surface area contributed by atoms with Gasteiger partial charge < -0.3 is 4.74 Å². The van der Waals surface area contributed by atoms with E-state index >= 15 is 0 Å². The summed E-state index contributed by atoms with van der Waals surface area (Å²) < 4.78 is 7.78. The van der Waals surface area contributed by atoms with Gasteiger partial charge >= 0.3 is 0 Å². The molecule has 0 aliphatic heterocycles. The van der Waals surface area contributed by atoms with E-state index in [2.05, 4.69) is 22.3 Å². The molecule has 0 amide bonds. The van der Waals surface area contributed by atoms with Crippen LogP contribution in [0.1, 0.15) is 23.4 Å². The average Bonchev–Trinajstić information content (AvgIpc) is 3.19. The van der Waals surface area contributed by atoms with Crippen molar-refractivity contribution in [2.45, 2.75) is 19.4 Å². The van der Waals surface area contributed by atoms with Crippen molar-refractivity contribution in [1.29, 1.82) is 0 Å². The van der Waals surface area contributed by atoms with Crippen LogP contribution in [0.3, 0.4) is 0 Å². The Balaban J connectivity index is 1.61. The predicted octanol–water partition coefficient (Wildman–Crippen LogP) is 5.03. The van der Waals surface area contributed by atoms with Crippen LogP contribution >= 0.6 is 35.4 Å². The molecule has 0 bridgehead atoms. The van der Waals surface area contributed by atoms with E-state index in [4.69, 9.17) is 45.3 Å². The van der Waals surface area contributed by atoms with Crippen LogP contribution in [0.4, 0.5) is 0 Å². The van der Waals surface area contributed by atoms with Crippen molar-refractivity contribution in [2.75, 3.05) is 0 Å². The summed E-state index contributed by atoms with van der Waals surface area (Å²) in [6.07, 6.45) is 1.85.